The van der Waals surface area contributed by atoms with Crippen molar-refractivity contribution in [2.45, 2.75) is 43.2 Å². The Labute approximate surface area is 193 Å². The number of anilines is 2. The fourth-order valence-electron chi connectivity index (χ4n) is 4.50. The number of pyridine rings is 1. The van der Waals surface area contributed by atoms with Crippen LogP contribution in [0.2, 0.25) is 0 Å². The molecule has 3 aromatic heterocycles. The molecule has 0 saturated heterocycles. The van der Waals surface area contributed by atoms with Crippen molar-refractivity contribution in [1.29, 1.82) is 0 Å². The highest BCUT2D eigenvalue weighted by atomic mass is 35.5. The second-order valence-corrected chi connectivity index (χ2v) is 10.2. The predicted octanol–water partition coefficient (Wildman–Crippen LogP) is 3.89. The van der Waals surface area contributed by atoms with Crippen molar-refractivity contribution >= 4 is 50.6 Å². The van der Waals surface area contributed by atoms with Gasteiger partial charge in [-0.15, -0.1) is 12.4 Å². The topological polar surface area (TPSA) is 102 Å². The molecule has 0 aromatic carbocycles. The summed E-state index contributed by atoms with van der Waals surface area (Å²) in [6.07, 6.45) is 12.1. The van der Waals surface area contributed by atoms with Crippen molar-refractivity contribution in [1.82, 2.24) is 24.8 Å². The average molecular weight is 475 g/mol. The van der Waals surface area contributed by atoms with Gasteiger partial charge in [-0.1, -0.05) is 18.9 Å². The number of nitrogens with one attached hydrogen (secondary N) is 2. The van der Waals surface area contributed by atoms with Crippen LogP contribution in [0.1, 0.15) is 43.7 Å². The summed E-state index contributed by atoms with van der Waals surface area (Å²) in [6, 6.07) is 5.81. The first-order valence-electron chi connectivity index (χ1n) is 10.7. The van der Waals surface area contributed by atoms with Crippen molar-refractivity contribution in [2.75, 3.05) is 24.7 Å². The molecule has 1 fully saturated rings. The van der Waals surface area contributed by atoms with Crippen LogP contribution in [0, 0.1) is 0 Å². The maximum absolute atomic E-state index is 12.4. The molecular weight excluding hydrogens is 448 g/mol. The Bertz CT molecular complexity index is 1250. The minimum absolute atomic E-state index is 0. The summed E-state index contributed by atoms with van der Waals surface area (Å²) in [5.74, 6) is 1.06. The molecule has 1 aliphatic heterocycles. The van der Waals surface area contributed by atoms with Crippen molar-refractivity contribution < 1.29 is 8.42 Å². The number of sulfone groups is 1. The van der Waals surface area contributed by atoms with E-state index < -0.39 is 9.84 Å². The van der Waals surface area contributed by atoms with E-state index in [1.54, 1.807) is 12.3 Å². The Kier molecular flexibility index (Phi) is 6.50. The number of hydrogen-bond acceptors (Lipinski definition) is 7. The maximum Gasteiger partial charge on any atom is 0.230 e. The first kappa shape index (κ1) is 22.7. The Morgan fingerprint density at radius 2 is 1.97 bits per heavy atom. The summed E-state index contributed by atoms with van der Waals surface area (Å²) in [6.45, 7) is 1.87. The smallest absolute Gasteiger partial charge is 0.230 e. The Morgan fingerprint density at radius 1 is 1.16 bits per heavy atom. The molecule has 1 aliphatic carbocycles. The van der Waals surface area contributed by atoms with Gasteiger partial charge in [-0.05, 0) is 55.1 Å². The lowest BCUT2D eigenvalue weighted by Crippen LogP contribution is -2.20. The van der Waals surface area contributed by atoms with Crippen LogP contribution in [0.25, 0.3) is 16.6 Å². The van der Waals surface area contributed by atoms with Gasteiger partial charge in [0, 0.05) is 36.6 Å². The molecular formula is C22H27ClN6O2S. The lowest BCUT2D eigenvalue weighted by atomic mass is 10.0. The highest BCUT2D eigenvalue weighted by molar-refractivity contribution is 7.90. The molecule has 5 rings (SSSR count). The first-order chi connectivity index (χ1) is 15.0. The Hall–Kier alpha value is -2.49. The highest BCUT2D eigenvalue weighted by Crippen LogP contribution is 2.36. The van der Waals surface area contributed by atoms with Gasteiger partial charge in [0.2, 0.25) is 5.95 Å². The minimum atomic E-state index is -3.37. The third-order valence-electron chi connectivity index (χ3n) is 6.05. The van der Waals surface area contributed by atoms with Gasteiger partial charge >= 0.3 is 0 Å². The number of fused-ring (bicyclic) bond motifs is 1. The van der Waals surface area contributed by atoms with Gasteiger partial charge in [0.15, 0.2) is 9.84 Å². The lowest BCUT2D eigenvalue weighted by molar-refractivity contribution is 0.489. The van der Waals surface area contributed by atoms with Crippen molar-refractivity contribution in [2.24, 2.45) is 0 Å². The van der Waals surface area contributed by atoms with E-state index >= 15 is 0 Å². The van der Waals surface area contributed by atoms with Crippen LogP contribution in [-0.4, -0.2) is 47.3 Å². The van der Waals surface area contributed by atoms with Crippen LogP contribution in [0.3, 0.4) is 0 Å². The summed E-state index contributed by atoms with van der Waals surface area (Å²) in [5, 5.41) is 7.53. The molecule has 10 heteroatoms. The van der Waals surface area contributed by atoms with E-state index in [0.717, 1.165) is 56.1 Å². The molecule has 0 radical (unpaired) electrons. The quantitative estimate of drug-likeness (QED) is 0.578. The molecule has 0 unspecified atom stereocenters. The fraction of sp³-hybridized carbons (Fsp3) is 0.409. The SMILES string of the molecule is CS(=O)(=O)c1cc2cnc(Nc3ccc(C4=CCNCC4)cn3)nc2n1C1CCCC1.Cl. The largest absolute Gasteiger partial charge is 0.313 e. The fourth-order valence-corrected chi connectivity index (χ4v) is 5.44. The van der Waals surface area contributed by atoms with E-state index in [0.29, 0.717) is 22.4 Å². The molecule has 4 heterocycles. The summed E-state index contributed by atoms with van der Waals surface area (Å²) in [5.41, 5.74) is 3.08. The van der Waals surface area contributed by atoms with Gasteiger partial charge in [-0.25, -0.2) is 18.4 Å². The normalized spacial score (nSPS) is 17.2. The van der Waals surface area contributed by atoms with Crippen LogP contribution in [0.5, 0.6) is 0 Å². The van der Waals surface area contributed by atoms with E-state index in [4.69, 9.17) is 0 Å². The highest BCUT2D eigenvalue weighted by Gasteiger charge is 2.26. The van der Waals surface area contributed by atoms with Gasteiger partial charge in [-0.3, -0.25) is 0 Å². The zero-order chi connectivity index (χ0) is 21.4. The summed E-state index contributed by atoms with van der Waals surface area (Å²) in [4.78, 5) is 13.6. The molecule has 3 aromatic rings. The van der Waals surface area contributed by atoms with Gasteiger partial charge in [-0.2, -0.15) is 4.98 Å². The predicted molar refractivity (Wildman–Crippen MR) is 128 cm³/mol. The molecule has 1 saturated carbocycles. The number of rotatable bonds is 5. The molecule has 32 heavy (non-hydrogen) atoms. The van der Waals surface area contributed by atoms with Crippen LogP contribution >= 0.6 is 12.4 Å². The first-order valence-corrected chi connectivity index (χ1v) is 12.6. The van der Waals surface area contributed by atoms with Gasteiger partial charge in [0.05, 0.1) is 0 Å². The molecule has 8 nitrogen and oxygen atoms in total. The Balaban J connectivity index is 0.00000245. The molecule has 170 valence electrons. The Morgan fingerprint density at radius 3 is 2.62 bits per heavy atom. The van der Waals surface area contributed by atoms with Crippen LogP contribution in [-0.2, 0) is 9.84 Å². The van der Waals surface area contributed by atoms with Crippen molar-refractivity contribution in [3.8, 4) is 0 Å². The summed E-state index contributed by atoms with van der Waals surface area (Å²) in [7, 11) is -3.37. The standard InChI is InChI=1S/C22H26N6O2S.ClH/c1-31(29,30)20-12-17-14-25-22(27-21(17)28(20)18-4-2-3-5-18)26-19-7-6-16(13-24-19)15-8-10-23-11-9-15;/h6-8,12-14,18,23H,2-5,9-11H2,1H3,(H,24,25,26,27);1H. The molecule has 2 N–H and O–H groups in total. The number of nitrogens with zero attached hydrogens (tertiary/aromatic N) is 4. The zero-order valence-corrected chi connectivity index (χ0v) is 19.5. The van der Waals surface area contributed by atoms with Crippen LogP contribution in [0.4, 0.5) is 11.8 Å². The van der Waals surface area contributed by atoms with E-state index in [2.05, 4.69) is 31.7 Å². The van der Waals surface area contributed by atoms with E-state index in [-0.39, 0.29) is 18.4 Å². The van der Waals surface area contributed by atoms with Gasteiger partial charge < -0.3 is 15.2 Å². The third kappa shape index (κ3) is 4.51. The average Bonchev–Trinajstić information content (AvgIpc) is 3.42. The second-order valence-electron chi connectivity index (χ2n) is 8.28. The molecule has 0 atom stereocenters. The number of halogens is 1. The van der Waals surface area contributed by atoms with Crippen LogP contribution in [0.15, 0.2) is 41.7 Å². The van der Waals surface area contributed by atoms with Crippen LogP contribution < -0.4 is 10.6 Å². The summed E-state index contributed by atoms with van der Waals surface area (Å²) < 4.78 is 26.7. The second kappa shape index (κ2) is 9.17. The molecule has 0 amide bonds. The number of aromatic nitrogens is 4. The molecule has 0 bridgehead atoms. The zero-order valence-electron chi connectivity index (χ0n) is 17.9. The van der Waals surface area contributed by atoms with E-state index in [1.807, 2.05) is 22.9 Å². The monoisotopic (exact) mass is 474 g/mol. The van der Waals surface area contributed by atoms with Gasteiger partial charge in [0.1, 0.15) is 16.5 Å². The van der Waals surface area contributed by atoms with Gasteiger partial charge in [0.25, 0.3) is 0 Å². The van der Waals surface area contributed by atoms with Crippen molar-refractivity contribution in [3.05, 3.63) is 42.2 Å². The molecule has 0 spiro atoms. The van der Waals surface area contributed by atoms with Crippen molar-refractivity contribution in [3.63, 3.8) is 0 Å². The van der Waals surface area contributed by atoms with E-state index in [9.17, 15) is 8.42 Å². The number of hydrogen-bond donors (Lipinski definition) is 2. The minimum Gasteiger partial charge on any atom is -0.313 e. The maximum atomic E-state index is 12.4. The van der Waals surface area contributed by atoms with E-state index in [1.165, 1.54) is 11.8 Å². The lowest BCUT2D eigenvalue weighted by Gasteiger charge is -2.16. The molecule has 2 aliphatic rings. The third-order valence-corrected chi connectivity index (χ3v) is 7.12. The summed E-state index contributed by atoms with van der Waals surface area (Å²) >= 11 is 0.